The summed E-state index contributed by atoms with van der Waals surface area (Å²) in [4.78, 5) is 37.6. The molecule has 0 aromatic carbocycles. The lowest BCUT2D eigenvalue weighted by molar-refractivity contribution is -0.167. The van der Waals surface area contributed by atoms with E-state index in [1.54, 1.807) is 0 Å². The van der Waals surface area contributed by atoms with Crippen molar-refractivity contribution in [3.63, 3.8) is 0 Å². The summed E-state index contributed by atoms with van der Waals surface area (Å²) in [6, 6.07) is 0. The van der Waals surface area contributed by atoms with Crippen molar-refractivity contribution in [3.05, 3.63) is 60.8 Å². The van der Waals surface area contributed by atoms with Crippen LogP contribution in [-0.4, -0.2) is 37.2 Å². The van der Waals surface area contributed by atoms with Gasteiger partial charge in [0.1, 0.15) is 13.2 Å². The third kappa shape index (κ3) is 46.0. The number of unbranched alkanes of at least 4 members (excludes halogenated alkanes) is 23. The summed E-state index contributed by atoms with van der Waals surface area (Å²) < 4.78 is 16.7. The van der Waals surface area contributed by atoms with Crippen LogP contribution >= 0.6 is 0 Å². The first-order valence-corrected chi connectivity index (χ1v) is 24.8. The summed E-state index contributed by atoms with van der Waals surface area (Å²) in [6.07, 6.45) is 58.0. The van der Waals surface area contributed by atoms with E-state index in [9.17, 15) is 14.4 Å². The van der Waals surface area contributed by atoms with Crippen LogP contribution in [0.15, 0.2) is 60.8 Å². The second-order valence-corrected chi connectivity index (χ2v) is 16.4. The molecule has 0 bridgehead atoms. The molecule has 1 unspecified atom stereocenters. The largest absolute Gasteiger partial charge is 0.462 e. The van der Waals surface area contributed by atoms with Crippen LogP contribution in [0.4, 0.5) is 0 Å². The lowest BCUT2D eigenvalue weighted by Crippen LogP contribution is -2.30. The Kier molecular flexibility index (Phi) is 45.4. The molecule has 0 aromatic rings. The highest BCUT2D eigenvalue weighted by atomic mass is 16.6. The van der Waals surface area contributed by atoms with E-state index >= 15 is 0 Å². The third-order valence-electron chi connectivity index (χ3n) is 10.5. The number of ether oxygens (including phenoxy) is 3. The first kappa shape index (κ1) is 56.1. The van der Waals surface area contributed by atoms with E-state index in [4.69, 9.17) is 14.2 Å². The van der Waals surface area contributed by atoms with Crippen LogP contribution in [0.25, 0.3) is 0 Å². The summed E-state index contributed by atoms with van der Waals surface area (Å²) in [5.74, 6) is -0.895. The average Bonchev–Trinajstić information content (AvgIpc) is 3.23. The maximum atomic E-state index is 12.7. The van der Waals surface area contributed by atoms with Crippen LogP contribution in [0.1, 0.15) is 239 Å². The summed E-state index contributed by atoms with van der Waals surface area (Å²) in [6.45, 7) is 6.45. The zero-order valence-electron chi connectivity index (χ0n) is 38.8. The molecule has 0 aromatic heterocycles. The smallest absolute Gasteiger partial charge is 0.306 e. The molecule has 0 saturated heterocycles. The molecule has 0 radical (unpaired) electrons. The summed E-state index contributed by atoms with van der Waals surface area (Å²) in [5, 5.41) is 0. The van der Waals surface area contributed by atoms with Crippen LogP contribution < -0.4 is 0 Å². The van der Waals surface area contributed by atoms with E-state index in [0.29, 0.717) is 19.3 Å². The van der Waals surface area contributed by atoms with Crippen molar-refractivity contribution >= 4 is 17.9 Å². The number of allylic oxidation sites excluding steroid dienone is 10. The van der Waals surface area contributed by atoms with E-state index in [0.717, 1.165) is 96.3 Å². The van der Waals surface area contributed by atoms with Gasteiger partial charge in [-0.1, -0.05) is 216 Å². The van der Waals surface area contributed by atoms with Crippen LogP contribution in [0.3, 0.4) is 0 Å². The Morgan fingerprint density at radius 3 is 1.03 bits per heavy atom. The van der Waals surface area contributed by atoms with E-state index < -0.39 is 6.10 Å². The Labute approximate surface area is 364 Å². The first-order valence-electron chi connectivity index (χ1n) is 24.8. The van der Waals surface area contributed by atoms with Crippen molar-refractivity contribution in [1.82, 2.24) is 0 Å². The maximum Gasteiger partial charge on any atom is 0.306 e. The van der Waals surface area contributed by atoms with Crippen molar-refractivity contribution < 1.29 is 28.6 Å². The second-order valence-electron chi connectivity index (χ2n) is 16.4. The molecular weight excluding hydrogens is 733 g/mol. The summed E-state index contributed by atoms with van der Waals surface area (Å²) >= 11 is 0. The van der Waals surface area contributed by atoms with Gasteiger partial charge in [-0.2, -0.15) is 0 Å². The van der Waals surface area contributed by atoms with Gasteiger partial charge in [-0.05, 0) is 64.2 Å². The molecule has 0 fully saturated rings. The Morgan fingerprint density at radius 2 is 0.661 bits per heavy atom. The normalized spacial score (nSPS) is 12.5. The van der Waals surface area contributed by atoms with E-state index in [1.807, 2.05) is 0 Å². The van der Waals surface area contributed by atoms with Crippen molar-refractivity contribution in [3.8, 4) is 0 Å². The first-order chi connectivity index (χ1) is 29.0. The molecule has 0 N–H and O–H groups in total. The monoisotopic (exact) mass is 825 g/mol. The topological polar surface area (TPSA) is 78.9 Å². The van der Waals surface area contributed by atoms with Gasteiger partial charge in [0, 0.05) is 19.3 Å². The van der Waals surface area contributed by atoms with Crippen LogP contribution in [0, 0.1) is 0 Å². The van der Waals surface area contributed by atoms with E-state index in [1.165, 1.54) is 103 Å². The van der Waals surface area contributed by atoms with Crippen LogP contribution in [-0.2, 0) is 28.6 Å². The zero-order valence-corrected chi connectivity index (χ0v) is 38.8. The minimum absolute atomic E-state index is 0.0762. The number of carbonyl (C=O) groups is 3. The minimum Gasteiger partial charge on any atom is -0.462 e. The fourth-order valence-electron chi connectivity index (χ4n) is 6.82. The molecule has 0 aliphatic carbocycles. The molecule has 0 aliphatic rings. The Morgan fingerprint density at radius 1 is 0.356 bits per heavy atom. The quantitative estimate of drug-likeness (QED) is 0.0263. The molecular formula is C53H92O6. The van der Waals surface area contributed by atoms with E-state index in [2.05, 4.69) is 81.5 Å². The van der Waals surface area contributed by atoms with E-state index in [-0.39, 0.29) is 31.1 Å². The Balaban J connectivity index is 4.19. The summed E-state index contributed by atoms with van der Waals surface area (Å²) in [5.41, 5.74) is 0. The highest BCUT2D eigenvalue weighted by Gasteiger charge is 2.19. The van der Waals surface area contributed by atoms with Gasteiger partial charge < -0.3 is 14.2 Å². The molecule has 340 valence electrons. The second kappa shape index (κ2) is 47.8. The minimum atomic E-state index is -0.771. The lowest BCUT2D eigenvalue weighted by Gasteiger charge is -2.18. The molecule has 59 heavy (non-hydrogen) atoms. The average molecular weight is 825 g/mol. The molecule has 1 atom stereocenters. The number of hydrogen-bond acceptors (Lipinski definition) is 6. The maximum absolute atomic E-state index is 12.7. The number of carbonyl (C=O) groups excluding carboxylic acids is 3. The van der Waals surface area contributed by atoms with Gasteiger partial charge in [-0.3, -0.25) is 14.4 Å². The fourth-order valence-corrected chi connectivity index (χ4v) is 6.82. The molecule has 0 heterocycles. The molecule has 6 heteroatoms. The van der Waals surface area contributed by atoms with Crippen LogP contribution in [0.2, 0.25) is 0 Å². The standard InChI is InChI=1S/C53H92O6/c1-4-7-10-13-16-18-20-22-23-24-25-26-27-28-29-30-31-32-34-35-37-40-43-46-52(55)58-49-50(48-57-51(54)45-42-39-15-12-9-6-3)59-53(56)47-44-41-38-36-33-21-19-17-14-11-8-5-2/h7,10,16,18,22-23,25-26,28-29,50H,4-6,8-9,11-15,17,19-21,24,27,30-49H2,1-3H3/b10-7-,18-16-,23-22-,26-25-,29-28-. The molecule has 6 nitrogen and oxygen atoms in total. The molecule has 0 rings (SSSR count). The SMILES string of the molecule is CC/C=C\C/C=C\C/C=C\C/C=C\C/C=C\CCCCCCCCCC(=O)OCC(COC(=O)CCCCCCCC)OC(=O)CCCCCCCCCCCCCC. The molecule has 0 amide bonds. The highest BCUT2D eigenvalue weighted by Crippen LogP contribution is 2.15. The predicted molar refractivity (Wildman–Crippen MR) is 251 cm³/mol. The van der Waals surface area contributed by atoms with Crippen molar-refractivity contribution in [2.45, 2.75) is 245 Å². The van der Waals surface area contributed by atoms with Crippen LogP contribution in [0.5, 0.6) is 0 Å². The third-order valence-corrected chi connectivity index (χ3v) is 10.5. The van der Waals surface area contributed by atoms with Crippen molar-refractivity contribution in [1.29, 1.82) is 0 Å². The Hall–Kier alpha value is -2.89. The van der Waals surface area contributed by atoms with Gasteiger partial charge >= 0.3 is 17.9 Å². The van der Waals surface area contributed by atoms with Crippen molar-refractivity contribution in [2.75, 3.05) is 13.2 Å². The van der Waals surface area contributed by atoms with Gasteiger partial charge in [-0.25, -0.2) is 0 Å². The van der Waals surface area contributed by atoms with Gasteiger partial charge in [0.2, 0.25) is 0 Å². The predicted octanol–water partition coefficient (Wildman–Crippen LogP) is 16.1. The van der Waals surface area contributed by atoms with Crippen molar-refractivity contribution in [2.24, 2.45) is 0 Å². The Bertz CT molecular complexity index is 1090. The molecule has 0 aliphatic heterocycles. The number of esters is 3. The zero-order chi connectivity index (χ0) is 43.0. The lowest BCUT2D eigenvalue weighted by atomic mass is 10.0. The van der Waals surface area contributed by atoms with Gasteiger partial charge in [0.15, 0.2) is 6.10 Å². The van der Waals surface area contributed by atoms with Gasteiger partial charge in [0.05, 0.1) is 0 Å². The highest BCUT2D eigenvalue weighted by molar-refractivity contribution is 5.71. The number of hydrogen-bond donors (Lipinski definition) is 0. The number of rotatable bonds is 44. The molecule has 0 spiro atoms. The van der Waals surface area contributed by atoms with Gasteiger partial charge in [0.25, 0.3) is 0 Å². The fraction of sp³-hybridized carbons (Fsp3) is 0.755. The van der Waals surface area contributed by atoms with Gasteiger partial charge in [-0.15, -0.1) is 0 Å². The molecule has 0 saturated carbocycles. The summed E-state index contributed by atoms with van der Waals surface area (Å²) in [7, 11) is 0.